The molecule has 1 N–H and O–H groups in total. The molecule has 0 spiro atoms. The molecule has 0 bridgehead atoms. The maximum absolute atomic E-state index is 12.4. The summed E-state index contributed by atoms with van der Waals surface area (Å²) in [6.45, 7) is 0. The summed E-state index contributed by atoms with van der Waals surface area (Å²) >= 11 is 6.41. The zero-order chi connectivity index (χ0) is 17.6. The number of phenols is 1. The number of carbonyl (C=O) groups excluding carboxylic acids is 1. The van der Waals surface area contributed by atoms with Crippen molar-refractivity contribution < 1.29 is 9.90 Å². The zero-order valence-electron chi connectivity index (χ0n) is 13.1. The topological polar surface area (TPSA) is 52.9 Å². The molecule has 0 aliphatic carbocycles. The molecule has 4 nitrogen and oxygen atoms in total. The van der Waals surface area contributed by atoms with Crippen LogP contribution in [-0.2, 0) is 4.79 Å². The third-order valence-corrected chi connectivity index (χ3v) is 4.58. The van der Waals surface area contributed by atoms with E-state index in [9.17, 15) is 9.90 Å². The van der Waals surface area contributed by atoms with Crippen molar-refractivity contribution in [3.05, 3.63) is 76.7 Å². The van der Waals surface area contributed by atoms with Crippen molar-refractivity contribution in [1.82, 2.24) is 5.01 Å². The second kappa shape index (κ2) is 7.92. The van der Waals surface area contributed by atoms with Crippen LogP contribution < -0.4 is 0 Å². The predicted octanol–water partition coefficient (Wildman–Crippen LogP) is 4.29. The minimum atomic E-state index is -0.275. The molecule has 124 valence electrons. The molecule has 1 heterocycles. The fraction of sp³-hybridized carbons (Fsp3) is 0. The molecule has 0 unspecified atom stereocenters. The molecule has 3 rings (SSSR count). The van der Waals surface area contributed by atoms with E-state index in [4.69, 9.17) is 12.2 Å². The summed E-state index contributed by atoms with van der Waals surface area (Å²) in [5, 5.41) is 14.8. The van der Waals surface area contributed by atoms with Crippen molar-refractivity contribution in [2.24, 2.45) is 5.10 Å². The number of allylic oxidation sites excluding steroid dienone is 1. The van der Waals surface area contributed by atoms with E-state index < -0.39 is 0 Å². The monoisotopic (exact) mass is 366 g/mol. The number of rotatable bonds is 4. The number of hydrogen-bond acceptors (Lipinski definition) is 5. The summed E-state index contributed by atoms with van der Waals surface area (Å²) in [7, 11) is 0. The van der Waals surface area contributed by atoms with Gasteiger partial charge in [0.25, 0.3) is 5.91 Å². The van der Waals surface area contributed by atoms with Crippen molar-refractivity contribution in [3.63, 3.8) is 0 Å². The average Bonchev–Trinajstić information content (AvgIpc) is 2.86. The molecular formula is C19H14N2O2S2. The van der Waals surface area contributed by atoms with Crippen molar-refractivity contribution in [2.75, 3.05) is 0 Å². The number of thiocarbonyl (C=S) groups is 1. The second-order valence-electron chi connectivity index (χ2n) is 5.12. The molecule has 2 aromatic rings. The van der Waals surface area contributed by atoms with E-state index in [0.717, 1.165) is 11.1 Å². The molecule has 1 fully saturated rings. The van der Waals surface area contributed by atoms with Crippen LogP contribution in [0.1, 0.15) is 11.1 Å². The van der Waals surface area contributed by atoms with Gasteiger partial charge in [-0.05, 0) is 47.6 Å². The molecular weight excluding hydrogens is 352 g/mol. The first-order chi connectivity index (χ1) is 12.1. The van der Waals surface area contributed by atoms with Gasteiger partial charge in [-0.25, -0.2) is 0 Å². The van der Waals surface area contributed by atoms with Crippen LogP contribution in [0.25, 0.3) is 12.2 Å². The Labute approximate surface area is 155 Å². The lowest BCUT2D eigenvalue weighted by molar-refractivity contribution is -0.122. The molecule has 0 saturated carbocycles. The van der Waals surface area contributed by atoms with E-state index >= 15 is 0 Å². The van der Waals surface area contributed by atoms with E-state index in [-0.39, 0.29) is 11.7 Å². The smallest absolute Gasteiger partial charge is 0.286 e. The van der Waals surface area contributed by atoms with Crippen LogP contribution in [0.2, 0.25) is 0 Å². The van der Waals surface area contributed by atoms with Crippen molar-refractivity contribution >= 4 is 52.6 Å². The molecule has 1 saturated heterocycles. The molecule has 2 aromatic carbocycles. The molecule has 6 heteroatoms. The average molecular weight is 366 g/mol. The van der Waals surface area contributed by atoms with Gasteiger partial charge in [0.2, 0.25) is 0 Å². The van der Waals surface area contributed by atoms with E-state index in [1.165, 1.54) is 23.0 Å². The van der Waals surface area contributed by atoms with Gasteiger partial charge in [0, 0.05) is 6.21 Å². The number of hydrogen-bond donors (Lipinski definition) is 1. The number of thioether (sulfide) groups is 1. The number of benzene rings is 2. The lowest BCUT2D eigenvalue weighted by Gasteiger charge is -2.04. The number of hydrazone groups is 1. The third-order valence-electron chi connectivity index (χ3n) is 3.30. The van der Waals surface area contributed by atoms with Crippen molar-refractivity contribution in [2.45, 2.75) is 0 Å². The fourth-order valence-electron chi connectivity index (χ4n) is 2.15. The standard InChI is InChI=1S/C19H14N2O2S2/c22-16-10-4-8-15(12-16)13-17-18(23)21(19(24)25-17)20-11-5-9-14-6-2-1-3-7-14/h1-13,22H/b9-5-,17-13+,20-11+. The summed E-state index contributed by atoms with van der Waals surface area (Å²) in [4.78, 5) is 12.9. The van der Waals surface area contributed by atoms with E-state index in [1.807, 2.05) is 36.4 Å². The van der Waals surface area contributed by atoms with Crippen molar-refractivity contribution in [1.29, 1.82) is 0 Å². The maximum atomic E-state index is 12.4. The van der Waals surface area contributed by atoms with Gasteiger partial charge in [0.15, 0.2) is 4.32 Å². The molecule has 0 aromatic heterocycles. The van der Waals surface area contributed by atoms with E-state index in [0.29, 0.717) is 9.23 Å². The van der Waals surface area contributed by atoms with Gasteiger partial charge >= 0.3 is 0 Å². The minimum Gasteiger partial charge on any atom is -0.508 e. The summed E-state index contributed by atoms with van der Waals surface area (Å²) in [5.74, 6) is -0.129. The zero-order valence-corrected chi connectivity index (χ0v) is 14.7. The first-order valence-electron chi connectivity index (χ1n) is 7.46. The fourth-order valence-corrected chi connectivity index (χ4v) is 3.32. The molecule has 25 heavy (non-hydrogen) atoms. The van der Waals surface area contributed by atoms with Crippen LogP contribution in [-0.4, -0.2) is 26.6 Å². The van der Waals surface area contributed by atoms with Crippen LogP contribution in [0, 0.1) is 0 Å². The Bertz CT molecular complexity index is 889. The highest BCUT2D eigenvalue weighted by atomic mass is 32.2. The normalized spacial score (nSPS) is 16.6. The van der Waals surface area contributed by atoms with Gasteiger partial charge in [-0.3, -0.25) is 4.79 Å². The Balaban J connectivity index is 1.71. The number of carbonyl (C=O) groups is 1. The van der Waals surface area contributed by atoms with E-state index in [2.05, 4.69) is 5.10 Å². The highest BCUT2D eigenvalue weighted by Gasteiger charge is 2.31. The summed E-state index contributed by atoms with van der Waals surface area (Å²) in [5.41, 5.74) is 1.77. The SMILES string of the molecule is O=C1/C(=C\c2cccc(O)c2)SC(=S)N1/N=C/C=C\c1ccccc1. The van der Waals surface area contributed by atoms with Gasteiger partial charge in [-0.1, -0.05) is 60.3 Å². The highest BCUT2D eigenvalue weighted by molar-refractivity contribution is 8.26. The van der Waals surface area contributed by atoms with Crippen molar-refractivity contribution in [3.8, 4) is 5.75 Å². The van der Waals surface area contributed by atoms with Crippen LogP contribution >= 0.6 is 24.0 Å². The number of phenolic OH excluding ortho intramolecular Hbond substituents is 1. The first kappa shape index (κ1) is 17.1. The lowest BCUT2D eigenvalue weighted by Crippen LogP contribution is -2.21. The quantitative estimate of drug-likeness (QED) is 0.498. The minimum absolute atomic E-state index is 0.147. The number of aromatic hydroxyl groups is 1. The van der Waals surface area contributed by atoms with Gasteiger partial charge in [0.1, 0.15) is 5.75 Å². The Morgan fingerprint density at radius 3 is 2.60 bits per heavy atom. The van der Waals surface area contributed by atoms with E-state index in [1.54, 1.807) is 36.4 Å². The number of amides is 1. The molecule has 1 amide bonds. The number of nitrogens with zero attached hydrogens (tertiary/aromatic N) is 2. The first-order valence-corrected chi connectivity index (χ1v) is 8.69. The Kier molecular flexibility index (Phi) is 5.42. The Morgan fingerprint density at radius 2 is 1.84 bits per heavy atom. The highest BCUT2D eigenvalue weighted by Crippen LogP contribution is 2.33. The summed E-state index contributed by atoms with van der Waals surface area (Å²) < 4.78 is 0.376. The van der Waals surface area contributed by atoms with Crippen LogP contribution in [0.5, 0.6) is 5.75 Å². The largest absolute Gasteiger partial charge is 0.508 e. The van der Waals surface area contributed by atoms with Gasteiger partial charge in [-0.15, -0.1) is 0 Å². The van der Waals surface area contributed by atoms with Crippen LogP contribution in [0.15, 0.2) is 70.7 Å². The predicted molar refractivity (Wildman–Crippen MR) is 107 cm³/mol. The van der Waals surface area contributed by atoms with Gasteiger partial charge in [-0.2, -0.15) is 10.1 Å². The van der Waals surface area contributed by atoms with Gasteiger partial charge in [0.05, 0.1) is 4.91 Å². The second-order valence-corrected chi connectivity index (χ2v) is 6.80. The molecule has 0 atom stereocenters. The van der Waals surface area contributed by atoms with Crippen LogP contribution in [0.3, 0.4) is 0 Å². The molecule has 0 radical (unpaired) electrons. The third kappa shape index (κ3) is 4.43. The molecule has 1 aliphatic rings. The Morgan fingerprint density at radius 1 is 1.08 bits per heavy atom. The van der Waals surface area contributed by atoms with Crippen LogP contribution in [0.4, 0.5) is 0 Å². The summed E-state index contributed by atoms with van der Waals surface area (Å²) in [6.07, 6.45) is 6.87. The Hall–Kier alpha value is -2.70. The molecule has 1 aliphatic heterocycles. The lowest BCUT2D eigenvalue weighted by atomic mass is 10.2. The maximum Gasteiger partial charge on any atom is 0.286 e. The van der Waals surface area contributed by atoms with Gasteiger partial charge < -0.3 is 5.11 Å². The summed E-state index contributed by atoms with van der Waals surface area (Å²) in [6, 6.07) is 16.5.